The van der Waals surface area contributed by atoms with Crippen molar-refractivity contribution in [2.24, 2.45) is 0 Å². The fraction of sp³-hybridized carbons (Fsp3) is 0.778. The van der Waals surface area contributed by atoms with Gasteiger partial charge in [-0.05, 0) is 39.5 Å². The van der Waals surface area contributed by atoms with Crippen LogP contribution in [0.4, 0.5) is 0 Å². The Labute approximate surface area is 139 Å². The Morgan fingerprint density at radius 3 is 2.52 bits per heavy atom. The van der Waals surface area contributed by atoms with Crippen LogP contribution in [0.1, 0.15) is 81.8 Å². The fourth-order valence-corrected chi connectivity index (χ4v) is 4.03. The second-order valence-electron chi connectivity index (χ2n) is 6.99. The highest BCUT2D eigenvalue weighted by molar-refractivity contribution is 5.78. The molecule has 2 heterocycles. The van der Waals surface area contributed by atoms with Gasteiger partial charge >= 0.3 is 0 Å². The Morgan fingerprint density at radius 1 is 1.35 bits per heavy atom. The number of aliphatic hydroxyl groups is 1. The predicted octanol–water partition coefficient (Wildman–Crippen LogP) is 3.41. The average Bonchev–Trinajstić information content (AvgIpc) is 3.06. The second-order valence-corrected chi connectivity index (χ2v) is 6.99. The molecule has 1 saturated heterocycles. The number of aromatic amines is 1. The lowest BCUT2D eigenvalue weighted by molar-refractivity contribution is -0.138. The lowest BCUT2D eigenvalue weighted by atomic mass is 9.88. The Kier molecular flexibility index (Phi) is 5.84. The minimum atomic E-state index is -0.853. The van der Waals surface area contributed by atoms with E-state index in [1.165, 1.54) is 0 Å². The van der Waals surface area contributed by atoms with Gasteiger partial charge in [-0.15, -0.1) is 0 Å². The third-order valence-corrected chi connectivity index (χ3v) is 5.00. The minimum Gasteiger partial charge on any atom is -0.389 e. The molecule has 130 valence electrons. The third-order valence-electron chi connectivity index (χ3n) is 5.00. The normalized spacial score (nSPS) is 18.7. The van der Waals surface area contributed by atoms with Crippen molar-refractivity contribution in [1.29, 1.82) is 0 Å². The maximum absolute atomic E-state index is 12.9. The molecule has 0 spiro atoms. The molecule has 1 atom stereocenters. The monoisotopic (exact) mass is 321 g/mol. The first-order valence-corrected chi connectivity index (χ1v) is 8.95. The molecule has 0 aromatic carbocycles. The summed E-state index contributed by atoms with van der Waals surface area (Å²) in [6, 6.07) is 0.105. The van der Waals surface area contributed by atoms with Crippen molar-refractivity contribution in [2.45, 2.75) is 84.3 Å². The summed E-state index contributed by atoms with van der Waals surface area (Å²) >= 11 is 0. The highest BCUT2D eigenvalue weighted by Crippen LogP contribution is 2.36. The summed E-state index contributed by atoms with van der Waals surface area (Å²) in [5.74, 6) is 0.0805. The van der Waals surface area contributed by atoms with Crippen LogP contribution in [0, 0.1) is 13.8 Å². The van der Waals surface area contributed by atoms with Gasteiger partial charge in [-0.1, -0.05) is 26.7 Å². The van der Waals surface area contributed by atoms with E-state index in [-0.39, 0.29) is 18.4 Å². The summed E-state index contributed by atoms with van der Waals surface area (Å²) in [7, 11) is 0. The molecule has 5 heteroatoms. The number of nitrogens with zero attached hydrogens (tertiary/aromatic N) is 2. The number of carbonyl (C=O) groups is 1. The standard InChI is InChI=1S/C18H31N3O2/c1-5-9-18(23,10-6-2)12-16(22)21-11-7-8-15(21)17-13(3)19-20-14(17)4/h15,23H,5-12H2,1-4H3,(H,19,20). The number of hydrogen-bond donors (Lipinski definition) is 2. The van der Waals surface area contributed by atoms with Gasteiger partial charge in [-0.2, -0.15) is 5.10 Å². The van der Waals surface area contributed by atoms with Crippen LogP contribution in [-0.2, 0) is 4.79 Å². The smallest absolute Gasteiger partial charge is 0.225 e. The van der Waals surface area contributed by atoms with Crippen LogP contribution in [0.3, 0.4) is 0 Å². The van der Waals surface area contributed by atoms with E-state index < -0.39 is 5.60 Å². The van der Waals surface area contributed by atoms with Crippen LogP contribution in [0.5, 0.6) is 0 Å². The van der Waals surface area contributed by atoms with Crippen molar-refractivity contribution in [3.63, 3.8) is 0 Å². The lowest BCUT2D eigenvalue weighted by Gasteiger charge is -2.32. The van der Waals surface area contributed by atoms with Gasteiger partial charge in [0.2, 0.25) is 5.91 Å². The number of amides is 1. The van der Waals surface area contributed by atoms with E-state index in [2.05, 4.69) is 24.0 Å². The second kappa shape index (κ2) is 7.47. The molecule has 2 rings (SSSR count). The highest BCUT2D eigenvalue weighted by Gasteiger charge is 2.36. The van der Waals surface area contributed by atoms with Crippen LogP contribution in [-0.4, -0.2) is 38.3 Å². The number of nitrogens with one attached hydrogen (secondary N) is 1. The fourth-order valence-electron chi connectivity index (χ4n) is 4.03. The largest absolute Gasteiger partial charge is 0.389 e. The van der Waals surface area contributed by atoms with E-state index in [1.54, 1.807) is 0 Å². The van der Waals surface area contributed by atoms with Crippen LogP contribution in [0.15, 0.2) is 0 Å². The van der Waals surface area contributed by atoms with Gasteiger partial charge in [0.05, 0.1) is 23.8 Å². The maximum Gasteiger partial charge on any atom is 0.225 e. The number of likely N-dealkylation sites (tertiary alicyclic amines) is 1. The van der Waals surface area contributed by atoms with Crippen LogP contribution in [0.25, 0.3) is 0 Å². The Balaban J connectivity index is 2.14. The molecular weight excluding hydrogens is 290 g/mol. The van der Waals surface area contributed by atoms with Crippen LogP contribution >= 0.6 is 0 Å². The van der Waals surface area contributed by atoms with Gasteiger partial charge in [0.15, 0.2) is 0 Å². The number of aryl methyl sites for hydroxylation is 2. The van der Waals surface area contributed by atoms with Gasteiger partial charge in [0, 0.05) is 17.8 Å². The molecule has 1 aliphatic heterocycles. The average molecular weight is 321 g/mol. The summed E-state index contributed by atoms with van der Waals surface area (Å²) < 4.78 is 0. The van der Waals surface area contributed by atoms with Gasteiger partial charge in [-0.3, -0.25) is 9.89 Å². The van der Waals surface area contributed by atoms with Crippen molar-refractivity contribution in [3.8, 4) is 0 Å². The molecule has 1 unspecified atom stereocenters. The van der Waals surface area contributed by atoms with E-state index in [1.807, 2.05) is 18.7 Å². The van der Waals surface area contributed by atoms with Crippen molar-refractivity contribution >= 4 is 5.91 Å². The van der Waals surface area contributed by atoms with Crippen molar-refractivity contribution in [3.05, 3.63) is 17.0 Å². The van der Waals surface area contributed by atoms with Gasteiger partial charge < -0.3 is 10.0 Å². The Bertz CT molecular complexity index is 513. The molecule has 1 fully saturated rings. The van der Waals surface area contributed by atoms with E-state index in [9.17, 15) is 9.90 Å². The van der Waals surface area contributed by atoms with E-state index in [0.717, 1.165) is 49.2 Å². The SMILES string of the molecule is CCCC(O)(CCC)CC(=O)N1CCCC1c1c(C)n[nH]c1C. The number of H-pyrrole nitrogens is 1. The molecule has 0 radical (unpaired) electrons. The molecule has 0 saturated carbocycles. The zero-order valence-electron chi connectivity index (χ0n) is 15.0. The topological polar surface area (TPSA) is 69.2 Å². The Hall–Kier alpha value is -1.36. The molecule has 1 aromatic rings. The Morgan fingerprint density at radius 2 is 2.00 bits per heavy atom. The molecule has 2 N–H and O–H groups in total. The third kappa shape index (κ3) is 3.94. The first-order valence-electron chi connectivity index (χ1n) is 8.95. The number of carbonyl (C=O) groups excluding carboxylic acids is 1. The van der Waals surface area contributed by atoms with Crippen LogP contribution in [0.2, 0.25) is 0 Å². The first kappa shape index (κ1) is 18.0. The highest BCUT2D eigenvalue weighted by atomic mass is 16.3. The van der Waals surface area contributed by atoms with Crippen molar-refractivity contribution in [1.82, 2.24) is 15.1 Å². The zero-order chi connectivity index (χ0) is 17.0. The van der Waals surface area contributed by atoms with Gasteiger partial charge in [0.1, 0.15) is 0 Å². The summed E-state index contributed by atoms with van der Waals surface area (Å²) in [5, 5.41) is 18.1. The number of hydrogen-bond acceptors (Lipinski definition) is 3. The summed E-state index contributed by atoms with van der Waals surface area (Å²) in [5.41, 5.74) is 2.33. The molecular formula is C18H31N3O2. The zero-order valence-corrected chi connectivity index (χ0v) is 15.0. The van der Waals surface area contributed by atoms with Gasteiger partial charge in [-0.25, -0.2) is 0 Å². The van der Waals surface area contributed by atoms with E-state index >= 15 is 0 Å². The molecule has 5 nitrogen and oxygen atoms in total. The lowest BCUT2D eigenvalue weighted by Crippen LogP contribution is -2.39. The van der Waals surface area contributed by atoms with Gasteiger partial charge in [0.25, 0.3) is 0 Å². The maximum atomic E-state index is 12.9. The number of rotatable bonds is 7. The van der Waals surface area contributed by atoms with E-state index in [4.69, 9.17) is 0 Å². The first-order chi connectivity index (χ1) is 10.9. The molecule has 23 heavy (non-hydrogen) atoms. The summed E-state index contributed by atoms with van der Waals surface area (Å²) in [6.45, 7) is 8.90. The molecule has 1 aromatic heterocycles. The van der Waals surface area contributed by atoms with E-state index in [0.29, 0.717) is 12.8 Å². The molecule has 0 bridgehead atoms. The quantitative estimate of drug-likeness (QED) is 0.808. The van der Waals surface area contributed by atoms with Crippen molar-refractivity contribution < 1.29 is 9.90 Å². The van der Waals surface area contributed by atoms with Crippen molar-refractivity contribution in [2.75, 3.05) is 6.54 Å². The van der Waals surface area contributed by atoms with Crippen LogP contribution < -0.4 is 0 Å². The minimum absolute atomic E-state index is 0.0805. The predicted molar refractivity (Wildman–Crippen MR) is 91.1 cm³/mol. The number of aromatic nitrogens is 2. The summed E-state index contributed by atoms with van der Waals surface area (Å²) in [6.07, 6.45) is 5.40. The molecule has 1 amide bonds. The molecule has 0 aliphatic carbocycles. The summed E-state index contributed by atoms with van der Waals surface area (Å²) in [4.78, 5) is 14.8. The molecule has 1 aliphatic rings.